The lowest BCUT2D eigenvalue weighted by Crippen LogP contribution is -1.98. The number of halogens is 1. The minimum Gasteiger partial charge on any atom is -0.481 e. The number of nitrogens with zero attached hydrogens (tertiary/aromatic N) is 1. The van der Waals surface area contributed by atoms with E-state index in [9.17, 15) is 4.79 Å². The maximum Gasteiger partial charge on any atom is 0.303 e. The molecule has 1 aromatic carbocycles. The second-order valence-electron chi connectivity index (χ2n) is 4.32. The van der Waals surface area contributed by atoms with Gasteiger partial charge in [0, 0.05) is 12.0 Å². The molecule has 2 N–H and O–H groups in total. The monoisotopic (exact) mass is 338 g/mol. The third-order valence-electron chi connectivity index (χ3n) is 2.96. The molecule has 0 saturated carbocycles. The molecule has 0 spiro atoms. The zero-order valence-corrected chi connectivity index (χ0v) is 11.9. The molecule has 1 aromatic heterocycles. The van der Waals surface area contributed by atoms with Gasteiger partial charge in [-0.15, -0.1) is 0 Å². The molecule has 0 saturated heterocycles. The van der Waals surface area contributed by atoms with E-state index in [1.165, 1.54) is 0 Å². The Bertz CT molecular complexity index is 668. The Morgan fingerprint density at radius 1 is 1.40 bits per heavy atom. The Morgan fingerprint density at radius 3 is 3.00 bits per heavy atom. The van der Waals surface area contributed by atoms with Crippen LogP contribution in [0.1, 0.15) is 12.1 Å². The Balaban J connectivity index is 1.87. The second-order valence-corrected chi connectivity index (χ2v) is 5.07. The highest BCUT2D eigenvalue weighted by atomic mass is 79.9. The maximum atomic E-state index is 10.6. The number of imidazole rings is 1. The van der Waals surface area contributed by atoms with Gasteiger partial charge in [-0.2, -0.15) is 0 Å². The highest BCUT2D eigenvalue weighted by Gasteiger charge is 2.16. The van der Waals surface area contributed by atoms with Gasteiger partial charge in [0.05, 0.1) is 12.1 Å². The van der Waals surface area contributed by atoms with Crippen molar-refractivity contribution in [3.05, 3.63) is 28.5 Å². The lowest BCUT2D eigenvalue weighted by atomic mass is 10.2. The molecule has 2 heterocycles. The number of ether oxygens (including phenoxy) is 2. The highest BCUT2D eigenvalue weighted by Crippen LogP contribution is 2.35. The normalized spacial score (nSPS) is 12.7. The summed E-state index contributed by atoms with van der Waals surface area (Å²) >= 11 is 3.34. The Hall–Kier alpha value is -2.02. The number of nitrogens with one attached hydrogen (secondary N) is 1. The Morgan fingerprint density at radius 2 is 2.20 bits per heavy atom. The molecule has 0 amide bonds. The lowest BCUT2D eigenvalue weighted by molar-refractivity contribution is -0.136. The molecule has 0 fully saturated rings. The second kappa shape index (κ2) is 5.16. The number of hydrogen-bond acceptors (Lipinski definition) is 4. The van der Waals surface area contributed by atoms with E-state index in [4.69, 9.17) is 14.6 Å². The fourth-order valence-electron chi connectivity index (χ4n) is 1.97. The predicted octanol–water partition coefficient (Wildman–Crippen LogP) is 2.59. The van der Waals surface area contributed by atoms with Crippen molar-refractivity contribution >= 4 is 21.9 Å². The number of rotatable bonds is 4. The van der Waals surface area contributed by atoms with E-state index in [1.54, 1.807) is 0 Å². The van der Waals surface area contributed by atoms with Gasteiger partial charge in [0.1, 0.15) is 10.4 Å². The molecule has 3 rings (SSSR count). The third-order valence-corrected chi connectivity index (χ3v) is 3.62. The quantitative estimate of drug-likeness (QED) is 0.894. The summed E-state index contributed by atoms with van der Waals surface area (Å²) in [6, 6.07) is 5.54. The molecule has 0 aliphatic carbocycles. The number of carboxylic acid groups (broad SMARTS) is 1. The summed E-state index contributed by atoms with van der Waals surface area (Å²) in [6.45, 7) is 0.227. The fourth-order valence-corrected chi connectivity index (χ4v) is 2.44. The first-order valence-electron chi connectivity index (χ1n) is 5.99. The zero-order valence-electron chi connectivity index (χ0n) is 10.4. The van der Waals surface area contributed by atoms with Crippen LogP contribution in [0.15, 0.2) is 22.8 Å². The first kappa shape index (κ1) is 13.0. The van der Waals surface area contributed by atoms with Gasteiger partial charge in [0.25, 0.3) is 0 Å². The van der Waals surface area contributed by atoms with E-state index < -0.39 is 5.97 Å². The number of carboxylic acids is 1. The third kappa shape index (κ3) is 2.49. The molecular weight excluding hydrogens is 328 g/mol. The standard InChI is InChI=1S/C13H11BrN2O4/c14-12-8(2-4-11(17)18)15-13(16-12)7-1-3-9-10(5-7)20-6-19-9/h1,3,5H,2,4,6H2,(H,15,16)(H,17,18). The number of aromatic amines is 1. The van der Waals surface area contributed by atoms with Crippen LogP contribution in [0.4, 0.5) is 0 Å². The topological polar surface area (TPSA) is 84.4 Å². The first-order chi connectivity index (χ1) is 9.63. The number of aryl methyl sites for hydroxylation is 1. The van der Waals surface area contributed by atoms with E-state index in [2.05, 4.69) is 25.9 Å². The van der Waals surface area contributed by atoms with Gasteiger partial charge in [0.15, 0.2) is 11.5 Å². The number of aromatic nitrogens is 2. The van der Waals surface area contributed by atoms with Crippen LogP contribution < -0.4 is 9.47 Å². The van der Waals surface area contributed by atoms with Crippen molar-refractivity contribution < 1.29 is 19.4 Å². The van der Waals surface area contributed by atoms with Crippen LogP contribution in [0.3, 0.4) is 0 Å². The molecule has 7 heteroatoms. The Labute approximate surface area is 122 Å². The van der Waals surface area contributed by atoms with Crippen molar-refractivity contribution in [1.29, 1.82) is 0 Å². The molecule has 1 aliphatic heterocycles. The zero-order chi connectivity index (χ0) is 14.1. The summed E-state index contributed by atoms with van der Waals surface area (Å²) in [5, 5.41) is 8.72. The number of aliphatic carboxylic acids is 1. The Kier molecular flexibility index (Phi) is 3.35. The van der Waals surface area contributed by atoms with Crippen molar-refractivity contribution in [2.75, 3.05) is 6.79 Å². The summed E-state index contributed by atoms with van der Waals surface area (Å²) in [4.78, 5) is 18.1. The molecule has 0 unspecified atom stereocenters. The summed E-state index contributed by atoms with van der Waals surface area (Å²) in [7, 11) is 0. The number of H-pyrrole nitrogens is 1. The first-order valence-corrected chi connectivity index (χ1v) is 6.79. The van der Waals surface area contributed by atoms with Crippen molar-refractivity contribution in [1.82, 2.24) is 9.97 Å². The summed E-state index contributed by atoms with van der Waals surface area (Å²) in [6.07, 6.45) is 0.453. The number of benzene rings is 1. The maximum absolute atomic E-state index is 10.6. The fraction of sp³-hybridized carbons (Fsp3) is 0.231. The molecule has 6 nitrogen and oxygen atoms in total. The van der Waals surface area contributed by atoms with Crippen LogP contribution in [0.2, 0.25) is 0 Å². The van der Waals surface area contributed by atoms with Crippen molar-refractivity contribution in [2.24, 2.45) is 0 Å². The lowest BCUT2D eigenvalue weighted by Gasteiger charge is -1.99. The smallest absolute Gasteiger partial charge is 0.303 e. The highest BCUT2D eigenvalue weighted by molar-refractivity contribution is 9.10. The number of hydrogen-bond donors (Lipinski definition) is 2. The minimum absolute atomic E-state index is 0.0569. The van der Waals surface area contributed by atoms with Crippen molar-refractivity contribution in [2.45, 2.75) is 12.8 Å². The number of fused-ring (bicyclic) bond motifs is 1. The van der Waals surface area contributed by atoms with Crippen LogP contribution in [-0.4, -0.2) is 27.8 Å². The summed E-state index contributed by atoms with van der Waals surface area (Å²) < 4.78 is 11.2. The number of carbonyl (C=O) groups is 1. The summed E-state index contributed by atoms with van der Waals surface area (Å²) in [5.41, 5.74) is 1.62. The van der Waals surface area contributed by atoms with Crippen LogP contribution in [-0.2, 0) is 11.2 Å². The van der Waals surface area contributed by atoms with Crippen molar-refractivity contribution in [3.63, 3.8) is 0 Å². The molecule has 2 aromatic rings. The molecule has 0 radical (unpaired) electrons. The van der Waals surface area contributed by atoms with E-state index in [0.717, 1.165) is 11.3 Å². The van der Waals surface area contributed by atoms with Gasteiger partial charge < -0.3 is 19.6 Å². The van der Waals surface area contributed by atoms with Gasteiger partial charge >= 0.3 is 5.97 Å². The minimum atomic E-state index is -0.837. The van der Waals surface area contributed by atoms with E-state index >= 15 is 0 Å². The van der Waals surface area contributed by atoms with E-state index in [1.807, 2.05) is 18.2 Å². The average Bonchev–Trinajstić information content (AvgIpc) is 3.01. The van der Waals surface area contributed by atoms with E-state index in [0.29, 0.717) is 28.3 Å². The van der Waals surface area contributed by atoms with Gasteiger partial charge in [-0.1, -0.05) is 0 Å². The van der Waals surface area contributed by atoms with Crippen LogP contribution in [0.25, 0.3) is 11.4 Å². The van der Waals surface area contributed by atoms with Crippen LogP contribution in [0.5, 0.6) is 11.5 Å². The molecule has 20 heavy (non-hydrogen) atoms. The van der Waals surface area contributed by atoms with E-state index in [-0.39, 0.29) is 13.2 Å². The van der Waals surface area contributed by atoms with Crippen LogP contribution in [0, 0.1) is 0 Å². The predicted molar refractivity (Wildman–Crippen MR) is 73.8 cm³/mol. The summed E-state index contributed by atoms with van der Waals surface area (Å²) in [5.74, 6) is 1.22. The van der Waals surface area contributed by atoms with Crippen LogP contribution >= 0.6 is 15.9 Å². The van der Waals surface area contributed by atoms with Gasteiger partial charge in [-0.25, -0.2) is 4.98 Å². The SMILES string of the molecule is O=C(O)CCc1[nH]c(-c2ccc3c(c2)OCO3)nc1Br. The van der Waals surface area contributed by atoms with Crippen molar-refractivity contribution in [3.8, 4) is 22.9 Å². The average molecular weight is 339 g/mol. The molecular formula is C13H11BrN2O4. The van der Waals surface area contributed by atoms with Gasteiger partial charge in [0.2, 0.25) is 6.79 Å². The molecule has 0 atom stereocenters. The molecule has 104 valence electrons. The largest absolute Gasteiger partial charge is 0.481 e. The molecule has 1 aliphatic rings. The van der Waals surface area contributed by atoms with Gasteiger partial charge in [-0.05, 0) is 34.1 Å². The molecule has 0 bridgehead atoms. The van der Waals surface area contributed by atoms with Gasteiger partial charge in [-0.3, -0.25) is 4.79 Å².